The normalized spacial score (nSPS) is 17.0. The number of nitrogens with zero attached hydrogens (tertiary/aromatic N) is 2. The molecule has 1 atom stereocenters. The topological polar surface area (TPSA) is 71.5 Å². The molecule has 1 fully saturated rings. The average molecular weight is 325 g/mol. The Morgan fingerprint density at radius 2 is 2.08 bits per heavy atom. The molecule has 124 valence electrons. The van der Waals surface area contributed by atoms with Crippen LogP contribution in [0, 0.1) is 5.92 Å². The maximum atomic E-state index is 12.5. The lowest BCUT2D eigenvalue weighted by Crippen LogP contribution is -2.28. The fourth-order valence-electron chi connectivity index (χ4n) is 2.79. The van der Waals surface area contributed by atoms with Gasteiger partial charge in [0, 0.05) is 25.7 Å². The Morgan fingerprint density at radius 3 is 2.83 bits per heavy atom. The van der Waals surface area contributed by atoms with Crippen molar-refractivity contribution in [2.24, 2.45) is 5.92 Å². The average Bonchev–Trinajstić information content (AvgIpc) is 2.97. The second kappa shape index (κ2) is 7.12. The Kier molecular flexibility index (Phi) is 4.74. The number of carbonyl (C=O) groups is 2. The first-order valence-corrected chi connectivity index (χ1v) is 7.79. The predicted octanol–water partition coefficient (Wildman–Crippen LogP) is 2.08. The number of nitrogens with one attached hydrogen (secondary N) is 1. The first-order valence-electron chi connectivity index (χ1n) is 7.79. The number of methoxy groups -OCH3 is 1. The number of rotatable bonds is 5. The zero-order valence-corrected chi connectivity index (χ0v) is 13.4. The Bertz CT molecular complexity index is 733. The summed E-state index contributed by atoms with van der Waals surface area (Å²) in [6.07, 6.45) is 1.82. The van der Waals surface area contributed by atoms with E-state index in [-0.39, 0.29) is 24.2 Å². The number of hydrogen-bond donors (Lipinski definition) is 1. The van der Waals surface area contributed by atoms with Gasteiger partial charge in [0.1, 0.15) is 5.69 Å². The first kappa shape index (κ1) is 16.0. The summed E-state index contributed by atoms with van der Waals surface area (Å²) in [5.41, 5.74) is 1.57. The zero-order chi connectivity index (χ0) is 16.9. The van der Waals surface area contributed by atoms with Gasteiger partial charge in [-0.3, -0.25) is 9.59 Å². The van der Waals surface area contributed by atoms with Crippen LogP contribution in [-0.2, 0) is 16.1 Å². The van der Waals surface area contributed by atoms with Gasteiger partial charge in [-0.25, -0.2) is 4.98 Å². The number of hydrogen-bond acceptors (Lipinski definition) is 4. The molecule has 1 unspecified atom stereocenters. The highest BCUT2D eigenvalue weighted by molar-refractivity contribution is 5.97. The first-order chi connectivity index (χ1) is 11.7. The van der Waals surface area contributed by atoms with E-state index in [4.69, 9.17) is 4.74 Å². The van der Waals surface area contributed by atoms with Crippen molar-refractivity contribution in [3.63, 3.8) is 0 Å². The second-order valence-electron chi connectivity index (χ2n) is 5.71. The van der Waals surface area contributed by atoms with Crippen LogP contribution in [-0.4, -0.2) is 35.4 Å². The molecule has 0 bridgehead atoms. The van der Waals surface area contributed by atoms with Gasteiger partial charge in [-0.2, -0.15) is 0 Å². The maximum Gasteiger partial charge on any atom is 0.237 e. The third-order valence-corrected chi connectivity index (χ3v) is 4.02. The van der Waals surface area contributed by atoms with Crippen LogP contribution in [0.1, 0.15) is 12.0 Å². The van der Waals surface area contributed by atoms with Gasteiger partial charge in [-0.1, -0.05) is 30.3 Å². The quantitative estimate of drug-likeness (QED) is 0.913. The standard InChI is InChI=1S/C18H19N3O3/c1-24-18-15(8-5-9-19-18)20-17(23)14-10-16(22)21(12-14)11-13-6-3-2-4-7-13/h2-9,14H,10-12H2,1H3,(H,20,23). The lowest BCUT2D eigenvalue weighted by Gasteiger charge is -2.17. The highest BCUT2D eigenvalue weighted by Crippen LogP contribution is 2.24. The van der Waals surface area contributed by atoms with E-state index in [0.717, 1.165) is 5.56 Å². The number of amides is 2. The number of ether oxygens (including phenoxy) is 1. The summed E-state index contributed by atoms with van der Waals surface area (Å²) in [5, 5.41) is 2.80. The van der Waals surface area contributed by atoms with Crippen LogP contribution >= 0.6 is 0 Å². The van der Waals surface area contributed by atoms with E-state index in [1.165, 1.54) is 7.11 Å². The van der Waals surface area contributed by atoms with E-state index in [1.54, 1.807) is 23.2 Å². The van der Waals surface area contributed by atoms with Gasteiger partial charge in [0.25, 0.3) is 0 Å². The Labute approximate surface area is 140 Å². The van der Waals surface area contributed by atoms with Crippen molar-refractivity contribution in [1.82, 2.24) is 9.88 Å². The SMILES string of the molecule is COc1ncccc1NC(=O)C1CC(=O)N(Cc2ccccc2)C1. The lowest BCUT2D eigenvalue weighted by molar-refractivity contribution is -0.128. The smallest absolute Gasteiger partial charge is 0.237 e. The van der Waals surface area contributed by atoms with E-state index in [0.29, 0.717) is 24.7 Å². The maximum absolute atomic E-state index is 12.5. The van der Waals surface area contributed by atoms with Crippen molar-refractivity contribution in [1.29, 1.82) is 0 Å². The minimum Gasteiger partial charge on any atom is -0.480 e. The lowest BCUT2D eigenvalue weighted by atomic mass is 10.1. The van der Waals surface area contributed by atoms with E-state index in [9.17, 15) is 9.59 Å². The van der Waals surface area contributed by atoms with E-state index in [1.807, 2.05) is 30.3 Å². The van der Waals surface area contributed by atoms with Crippen LogP contribution in [0.25, 0.3) is 0 Å². The summed E-state index contributed by atoms with van der Waals surface area (Å²) < 4.78 is 5.13. The molecule has 2 heterocycles. The molecule has 24 heavy (non-hydrogen) atoms. The fraction of sp³-hybridized carbons (Fsp3) is 0.278. The number of aromatic nitrogens is 1. The minimum absolute atomic E-state index is 0.00263. The van der Waals surface area contributed by atoms with Crippen LogP contribution < -0.4 is 10.1 Å². The summed E-state index contributed by atoms with van der Waals surface area (Å²) in [4.78, 5) is 30.4. The molecule has 1 aromatic heterocycles. The van der Waals surface area contributed by atoms with Crippen LogP contribution in [0.3, 0.4) is 0 Å². The number of benzene rings is 1. The van der Waals surface area contributed by atoms with Gasteiger partial charge in [-0.15, -0.1) is 0 Å². The summed E-state index contributed by atoms with van der Waals surface area (Å²) in [5.74, 6) is -0.204. The molecule has 0 radical (unpaired) electrons. The largest absolute Gasteiger partial charge is 0.480 e. The van der Waals surface area contributed by atoms with Gasteiger partial charge in [0.2, 0.25) is 17.7 Å². The fourth-order valence-corrected chi connectivity index (χ4v) is 2.79. The Morgan fingerprint density at radius 1 is 1.29 bits per heavy atom. The van der Waals surface area contributed by atoms with Crippen molar-refractivity contribution >= 4 is 17.5 Å². The molecule has 6 heteroatoms. The molecule has 1 aliphatic heterocycles. The second-order valence-corrected chi connectivity index (χ2v) is 5.71. The molecule has 3 rings (SSSR count). The van der Waals surface area contributed by atoms with Gasteiger partial charge < -0.3 is 15.0 Å². The van der Waals surface area contributed by atoms with Crippen LogP contribution in [0.4, 0.5) is 5.69 Å². The highest BCUT2D eigenvalue weighted by Gasteiger charge is 2.34. The van der Waals surface area contributed by atoms with Crippen LogP contribution in [0.5, 0.6) is 5.88 Å². The summed E-state index contributed by atoms with van der Waals surface area (Å²) in [7, 11) is 1.50. The Hall–Kier alpha value is -2.89. The number of likely N-dealkylation sites (tertiary alicyclic amines) is 1. The number of carbonyl (C=O) groups excluding carboxylic acids is 2. The molecule has 1 saturated heterocycles. The monoisotopic (exact) mass is 325 g/mol. The third-order valence-electron chi connectivity index (χ3n) is 4.02. The molecule has 1 aromatic carbocycles. The molecular formula is C18H19N3O3. The number of pyridine rings is 1. The zero-order valence-electron chi connectivity index (χ0n) is 13.4. The minimum atomic E-state index is -0.369. The van der Waals surface area contributed by atoms with Gasteiger partial charge in [-0.05, 0) is 17.7 Å². The van der Waals surface area contributed by atoms with E-state index < -0.39 is 0 Å². The van der Waals surface area contributed by atoms with Crippen molar-refractivity contribution in [3.8, 4) is 5.88 Å². The summed E-state index contributed by atoms with van der Waals surface area (Å²) in [6.45, 7) is 0.946. The molecule has 1 N–H and O–H groups in total. The highest BCUT2D eigenvalue weighted by atomic mass is 16.5. The van der Waals surface area contributed by atoms with Crippen molar-refractivity contribution < 1.29 is 14.3 Å². The molecule has 2 amide bonds. The molecule has 0 spiro atoms. The Balaban J connectivity index is 1.63. The molecule has 2 aromatic rings. The summed E-state index contributed by atoms with van der Waals surface area (Å²) in [6, 6.07) is 13.2. The van der Waals surface area contributed by atoms with E-state index >= 15 is 0 Å². The number of anilines is 1. The summed E-state index contributed by atoms with van der Waals surface area (Å²) >= 11 is 0. The van der Waals surface area contributed by atoms with Crippen molar-refractivity contribution in [3.05, 3.63) is 54.2 Å². The molecule has 1 aliphatic rings. The molecule has 6 nitrogen and oxygen atoms in total. The predicted molar refractivity (Wildman–Crippen MR) is 89.4 cm³/mol. The molecular weight excluding hydrogens is 306 g/mol. The van der Waals surface area contributed by atoms with Gasteiger partial charge >= 0.3 is 0 Å². The third kappa shape index (κ3) is 3.53. The van der Waals surface area contributed by atoms with Gasteiger partial charge in [0.05, 0.1) is 13.0 Å². The van der Waals surface area contributed by atoms with E-state index in [2.05, 4.69) is 10.3 Å². The van der Waals surface area contributed by atoms with Crippen molar-refractivity contribution in [2.75, 3.05) is 19.0 Å². The van der Waals surface area contributed by atoms with Crippen molar-refractivity contribution in [2.45, 2.75) is 13.0 Å². The molecule has 0 aliphatic carbocycles. The van der Waals surface area contributed by atoms with Gasteiger partial charge in [0.15, 0.2) is 0 Å². The van der Waals surface area contributed by atoms with Crippen LogP contribution in [0.2, 0.25) is 0 Å². The van der Waals surface area contributed by atoms with Crippen LogP contribution in [0.15, 0.2) is 48.7 Å². The molecule has 0 saturated carbocycles.